The van der Waals surface area contributed by atoms with E-state index in [-0.39, 0.29) is 51.8 Å². The molecule has 6 rings (SSSR count). The van der Waals surface area contributed by atoms with Crippen LogP contribution in [0.3, 0.4) is 0 Å². The fourth-order valence-electron chi connectivity index (χ4n) is 13.6. The van der Waals surface area contributed by atoms with Gasteiger partial charge in [0, 0.05) is 49.6 Å². The molecular weight excluding hydrogens is 703 g/mol. The number of Topliss-reactive ketones (excluding diaryl/α,β-unsaturated/α-hetero) is 1. The predicted octanol–water partition coefficient (Wildman–Crippen LogP) is 8.20. The largest absolute Gasteiger partial charge is 0.481 e. The molecule has 2 N–H and O–H groups in total. The third-order valence-electron chi connectivity index (χ3n) is 16.9. The number of rotatable bonds is 13. The van der Waals surface area contributed by atoms with Crippen molar-refractivity contribution in [2.24, 2.45) is 56.2 Å². The second-order valence-corrected chi connectivity index (χ2v) is 21.4. The molecule has 9 nitrogen and oxygen atoms in total. The fourth-order valence-corrected chi connectivity index (χ4v) is 13.6. The third-order valence-corrected chi connectivity index (χ3v) is 16.9. The first-order valence-electron chi connectivity index (χ1n) is 21.7. The molecule has 56 heavy (non-hydrogen) atoms. The molecule has 4 fully saturated rings. The highest BCUT2D eigenvalue weighted by Gasteiger charge is 2.71. The molecule has 5 aliphatic carbocycles. The van der Waals surface area contributed by atoms with Crippen LogP contribution in [0.1, 0.15) is 132 Å². The number of aliphatic hydroxyl groups is 1. The van der Waals surface area contributed by atoms with E-state index in [9.17, 15) is 24.6 Å². The normalized spacial score (nSPS) is 35.9. The SMILES string of the molecule is CC(C)C1=C2[C@H]3CC[C@@H]4[C@@]5(C)CC[C@H](OC(=O)CC(C)(C)C(=O)O)C(C)(C)[C@@H]5CC[C@@]4(C)[C@]3(C)CCC2(C(O)CN(CCN(C)C)Cc2ccccn2)CC1=O. The van der Waals surface area contributed by atoms with Gasteiger partial charge < -0.3 is 19.8 Å². The number of allylic oxidation sites excluding steroid dienone is 1. The Bertz CT molecular complexity index is 1690. The van der Waals surface area contributed by atoms with Gasteiger partial charge in [0.1, 0.15) is 6.10 Å². The molecule has 1 heterocycles. The van der Waals surface area contributed by atoms with Gasteiger partial charge in [-0.1, -0.05) is 60.1 Å². The Hall–Kier alpha value is -2.62. The number of esters is 1. The van der Waals surface area contributed by atoms with E-state index in [4.69, 9.17) is 4.74 Å². The van der Waals surface area contributed by atoms with Crippen LogP contribution in [-0.2, 0) is 25.7 Å². The summed E-state index contributed by atoms with van der Waals surface area (Å²) in [5, 5.41) is 22.3. The average molecular weight is 776 g/mol. The Kier molecular flexibility index (Phi) is 11.7. The average Bonchev–Trinajstić information content (AvgIpc) is 3.42. The standard InChI is InChI=1S/C47H73N3O6/c1-30(2)39-33(51)26-47(36(52)29-50(25-24-49(10)11)28-31-14-12-13-23-48-31)22-21-45(8)32(40(39)47)15-16-35-44(7)19-18-37(56-38(53)27-42(3,4)41(54)55)43(5,6)34(44)17-20-46(35,45)9/h12-14,23,30,32,34-37,52H,15-22,24-29H2,1-11H3,(H,54,55)/t32-,34+,35-,36?,37+,44+,45-,46-,47?/m1/s1. The molecule has 9 atom stereocenters. The summed E-state index contributed by atoms with van der Waals surface area (Å²) in [5.74, 6) is 0.0227. The van der Waals surface area contributed by atoms with E-state index in [0.717, 1.165) is 75.7 Å². The molecule has 0 bridgehead atoms. The number of carbonyl (C=O) groups excluding carboxylic acids is 2. The molecule has 0 aliphatic heterocycles. The Balaban J connectivity index is 1.29. The molecule has 0 amide bonds. The lowest BCUT2D eigenvalue weighted by atomic mass is 9.33. The zero-order valence-corrected chi connectivity index (χ0v) is 36.5. The molecule has 4 saturated carbocycles. The molecule has 2 unspecified atom stereocenters. The molecule has 0 saturated heterocycles. The van der Waals surface area contributed by atoms with Crippen LogP contribution in [0.5, 0.6) is 0 Å². The van der Waals surface area contributed by atoms with Crippen molar-refractivity contribution in [2.75, 3.05) is 33.7 Å². The van der Waals surface area contributed by atoms with Crippen molar-refractivity contribution in [1.29, 1.82) is 0 Å². The number of carboxylic acids is 1. The van der Waals surface area contributed by atoms with Gasteiger partial charge in [0.05, 0.1) is 23.6 Å². The van der Waals surface area contributed by atoms with Crippen molar-refractivity contribution in [3.63, 3.8) is 0 Å². The molecule has 0 radical (unpaired) electrons. The number of ketones is 1. The molecule has 9 heteroatoms. The van der Waals surface area contributed by atoms with E-state index in [2.05, 4.69) is 83.4 Å². The molecule has 1 aromatic heterocycles. The molecular formula is C47H73N3O6. The topological polar surface area (TPSA) is 120 Å². The Morgan fingerprint density at radius 3 is 2.29 bits per heavy atom. The van der Waals surface area contributed by atoms with Crippen molar-refractivity contribution in [1.82, 2.24) is 14.8 Å². The summed E-state index contributed by atoms with van der Waals surface area (Å²) in [6, 6.07) is 6.01. The van der Waals surface area contributed by atoms with Crippen LogP contribution < -0.4 is 0 Å². The summed E-state index contributed by atoms with van der Waals surface area (Å²) in [7, 11) is 4.17. The summed E-state index contributed by atoms with van der Waals surface area (Å²) < 4.78 is 6.19. The maximum absolute atomic E-state index is 14.3. The van der Waals surface area contributed by atoms with E-state index in [1.807, 2.05) is 18.3 Å². The first kappa shape index (κ1) is 43.0. The van der Waals surface area contributed by atoms with Crippen molar-refractivity contribution in [3.05, 3.63) is 41.2 Å². The number of fused-ring (bicyclic) bond motifs is 7. The van der Waals surface area contributed by atoms with Gasteiger partial charge in [-0.3, -0.25) is 24.3 Å². The summed E-state index contributed by atoms with van der Waals surface area (Å²) >= 11 is 0. The van der Waals surface area contributed by atoms with Crippen molar-refractivity contribution in [3.8, 4) is 0 Å². The van der Waals surface area contributed by atoms with E-state index < -0.39 is 28.9 Å². The van der Waals surface area contributed by atoms with E-state index in [0.29, 0.717) is 31.3 Å². The van der Waals surface area contributed by atoms with Gasteiger partial charge in [0.25, 0.3) is 0 Å². The van der Waals surface area contributed by atoms with Gasteiger partial charge in [-0.2, -0.15) is 0 Å². The molecule has 0 spiro atoms. The lowest BCUT2D eigenvalue weighted by Crippen LogP contribution is -2.66. The highest BCUT2D eigenvalue weighted by molar-refractivity contribution is 6.00. The maximum atomic E-state index is 14.3. The van der Waals surface area contributed by atoms with Gasteiger partial charge in [-0.25, -0.2) is 0 Å². The second kappa shape index (κ2) is 15.2. The lowest BCUT2D eigenvalue weighted by molar-refractivity contribution is -0.235. The minimum Gasteiger partial charge on any atom is -0.481 e. The van der Waals surface area contributed by atoms with Crippen LogP contribution in [0.25, 0.3) is 0 Å². The summed E-state index contributed by atoms with van der Waals surface area (Å²) in [5.41, 5.74) is 1.39. The minimum atomic E-state index is -1.17. The third kappa shape index (κ3) is 7.12. The zero-order valence-electron chi connectivity index (χ0n) is 36.5. The van der Waals surface area contributed by atoms with Gasteiger partial charge in [-0.05, 0) is 137 Å². The van der Waals surface area contributed by atoms with E-state index in [1.54, 1.807) is 13.8 Å². The van der Waals surface area contributed by atoms with Crippen molar-refractivity contribution >= 4 is 17.7 Å². The Morgan fingerprint density at radius 1 is 0.946 bits per heavy atom. The number of carbonyl (C=O) groups is 3. The number of aromatic nitrogens is 1. The monoisotopic (exact) mass is 776 g/mol. The number of pyridine rings is 1. The predicted molar refractivity (Wildman–Crippen MR) is 219 cm³/mol. The Morgan fingerprint density at radius 2 is 1.66 bits per heavy atom. The summed E-state index contributed by atoms with van der Waals surface area (Å²) in [6.07, 6.45) is 9.00. The van der Waals surface area contributed by atoms with Gasteiger partial charge in [-0.15, -0.1) is 0 Å². The van der Waals surface area contributed by atoms with Gasteiger partial charge in [0.2, 0.25) is 0 Å². The van der Waals surface area contributed by atoms with Crippen molar-refractivity contribution in [2.45, 2.75) is 145 Å². The first-order valence-corrected chi connectivity index (χ1v) is 21.7. The molecule has 0 aromatic carbocycles. The number of aliphatic hydroxyl groups excluding tert-OH is 1. The van der Waals surface area contributed by atoms with Crippen LogP contribution >= 0.6 is 0 Å². The van der Waals surface area contributed by atoms with Crippen LogP contribution in [0.15, 0.2) is 35.5 Å². The molecule has 1 aromatic rings. The van der Waals surface area contributed by atoms with E-state index >= 15 is 0 Å². The first-order chi connectivity index (χ1) is 26.0. The maximum Gasteiger partial charge on any atom is 0.309 e. The smallest absolute Gasteiger partial charge is 0.309 e. The number of hydrogen-bond donors (Lipinski definition) is 2. The number of nitrogens with zero attached hydrogens (tertiary/aromatic N) is 3. The number of ether oxygens (including phenoxy) is 1. The van der Waals surface area contributed by atoms with Gasteiger partial charge >= 0.3 is 11.9 Å². The Labute approximate surface area is 337 Å². The highest BCUT2D eigenvalue weighted by atomic mass is 16.5. The number of aliphatic carboxylic acids is 1. The van der Waals surface area contributed by atoms with Crippen LogP contribution in [-0.4, -0.2) is 88.7 Å². The lowest BCUT2D eigenvalue weighted by Gasteiger charge is -2.72. The van der Waals surface area contributed by atoms with Crippen LogP contribution in [0, 0.1) is 56.2 Å². The second-order valence-electron chi connectivity index (χ2n) is 21.4. The van der Waals surface area contributed by atoms with Gasteiger partial charge in [0.15, 0.2) is 5.78 Å². The van der Waals surface area contributed by atoms with Crippen LogP contribution in [0.4, 0.5) is 0 Å². The minimum absolute atomic E-state index is 0.0261. The summed E-state index contributed by atoms with van der Waals surface area (Å²) in [4.78, 5) is 48.4. The molecule has 5 aliphatic rings. The quantitative estimate of drug-likeness (QED) is 0.191. The van der Waals surface area contributed by atoms with Crippen LogP contribution in [0.2, 0.25) is 0 Å². The fraction of sp³-hybridized carbons (Fsp3) is 0.787. The van der Waals surface area contributed by atoms with Crippen molar-refractivity contribution < 1.29 is 29.3 Å². The number of hydrogen-bond acceptors (Lipinski definition) is 8. The zero-order chi connectivity index (χ0) is 41.2. The van der Waals surface area contributed by atoms with E-state index in [1.165, 1.54) is 5.57 Å². The highest BCUT2D eigenvalue weighted by Crippen LogP contribution is 2.77. The summed E-state index contributed by atoms with van der Waals surface area (Å²) in [6.45, 7) is 22.6. The number of likely N-dealkylation sites (N-methyl/N-ethyl adjacent to an activating group) is 1. The molecule has 312 valence electrons. The number of carboxylic acid groups (broad SMARTS) is 1.